The summed E-state index contributed by atoms with van der Waals surface area (Å²) in [4.78, 5) is 38.0. The molecule has 0 bridgehead atoms. The van der Waals surface area contributed by atoms with Gasteiger partial charge in [0.05, 0.1) is 10.5 Å². The molecular formula is C23H29N5O2S2. The molecule has 2 aliphatic rings. The second-order valence-corrected chi connectivity index (χ2v) is 10.2. The zero-order chi connectivity index (χ0) is 22.8. The van der Waals surface area contributed by atoms with Crippen molar-refractivity contribution >= 4 is 51.7 Å². The van der Waals surface area contributed by atoms with Crippen LogP contribution in [0.2, 0.25) is 0 Å². The minimum Gasteiger partial charge on any atom is -0.353 e. The molecule has 2 aromatic heterocycles. The summed E-state index contributed by atoms with van der Waals surface area (Å²) in [6, 6.07) is 5.52. The van der Waals surface area contributed by atoms with Crippen molar-refractivity contribution in [2.45, 2.75) is 27.2 Å². The summed E-state index contributed by atoms with van der Waals surface area (Å²) in [5.41, 5.74) is 0.881. The summed E-state index contributed by atoms with van der Waals surface area (Å²) in [6.07, 6.45) is 4.30. The monoisotopic (exact) mass is 471 g/mol. The molecule has 2 aliphatic heterocycles. The van der Waals surface area contributed by atoms with E-state index in [1.807, 2.05) is 18.2 Å². The summed E-state index contributed by atoms with van der Waals surface area (Å²) >= 11 is 6.74. The van der Waals surface area contributed by atoms with Crippen LogP contribution in [-0.4, -0.2) is 68.7 Å². The van der Waals surface area contributed by atoms with Crippen molar-refractivity contribution < 1.29 is 4.79 Å². The summed E-state index contributed by atoms with van der Waals surface area (Å²) in [7, 11) is 0. The number of nitrogens with zero attached hydrogens (tertiary/aromatic N) is 5. The van der Waals surface area contributed by atoms with Gasteiger partial charge in [0.2, 0.25) is 0 Å². The van der Waals surface area contributed by atoms with E-state index >= 15 is 0 Å². The molecule has 0 radical (unpaired) electrons. The average Bonchev–Trinajstić information content (AvgIpc) is 3.06. The molecule has 0 saturated carbocycles. The molecule has 0 unspecified atom stereocenters. The minimum absolute atomic E-state index is 0.125. The number of anilines is 1. The Hall–Kier alpha value is -2.23. The molecule has 0 aromatic carbocycles. The molecule has 2 aromatic rings. The van der Waals surface area contributed by atoms with Gasteiger partial charge in [0.15, 0.2) is 0 Å². The van der Waals surface area contributed by atoms with Gasteiger partial charge in [-0.25, -0.2) is 4.98 Å². The summed E-state index contributed by atoms with van der Waals surface area (Å²) in [6.45, 7) is 11.4. The van der Waals surface area contributed by atoms with Crippen molar-refractivity contribution in [2.75, 3.05) is 44.2 Å². The van der Waals surface area contributed by atoms with Gasteiger partial charge in [-0.1, -0.05) is 50.8 Å². The molecule has 0 aliphatic carbocycles. The number of hydrogen-bond donors (Lipinski definition) is 0. The van der Waals surface area contributed by atoms with E-state index in [9.17, 15) is 9.59 Å². The van der Waals surface area contributed by atoms with Crippen LogP contribution in [-0.2, 0) is 4.79 Å². The first-order valence-electron chi connectivity index (χ1n) is 11.1. The fraction of sp³-hybridized carbons (Fsp3) is 0.478. The molecule has 4 heterocycles. The minimum atomic E-state index is -0.170. The van der Waals surface area contributed by atoms with E-state index in [1.54, 1.807) is 17.2 Å². The van der Waals surface area contributed by atoms with Crippen molar-refractivity contribution in [2.24, 2.45) is 5.92 Å². The zero-order valence-electron chi connectivity index (χ0n) is 18.8. The van der Waals surface area contributed by atoms with E-state index in [4.69, 9.17) is 17.2 Å². The maximum absolute atomic E-state index is 13.5. The molecule has 7 nitrogen and oxygen atoms in total. The van der Waals surface area contributed by atoms with Crippen LogP contribution in [0, 0.1) is 5.92 Å². The lowest BCUT2D eigenvalue weighted by molar-refractivity contribution is -0.122. The number of aromatic nitrogens is 2. The smallest absolute Gasteiger partial charge is 0.267 e. The number of pyridine rings is 1. The molecule has 0 spiro atoms. The predicted molar refractivity (Wildman–Crippen MR) is 135 cm³/mol. The number of carbonyl (C=O) groups excluding carboxylic acids is 1. The van der Waals surface area contributed by atoms with E-state index in [1.165, 1.54) is 16.2 Å². The van der Waals surface area contributed by atoms with Gasteiger partial charge in [-0.2, -0.15) is 0 Å². The molecule has 32 heavy (non-hydrogen) atoms. The third-order valence-corrected chi connectivity index (χ3v) is 7.32. The standard InChI is InChI=1S/C23H29N5O2S2/c1-4-25-11-13-26(14-12-25)20-17(21(29)27-9-6-5-7-19(27)24-20)15-18-22(30)28(23(31)32-18)10-8-16(2)3/h5-7,9,15-16H,4,8,10-14H2,1-3H3. The molecule has 4 rings (SSSR count). The topological polar surface area (TPSA) is 61.2 Å². The third-order valence-electron chi connectivity index (χ3n) is 5.95. The van der Waals surface area contributed by atoms with Crippen molar-refractivity contribution in [3.05, 3.63) is 45.2 Å². The Morgan fingerprint density at radius 3 is 2.62 bits per heavy atom. The molecule has 170 valence electrons. The lowest BCUT2D eigenvalue weighted by Gasteiger charge is -2.35. The first-order valence-corrected chi connectivity index (χ1v) is 12.4. The van der Waals surface area contributed by atoms with E-state index < -0.39 is 0 Å². The number of thiocarbonyl (C=S) groups is 1. The van der Waals surface area contributed by atoms with E-state index in [0.717, 1.165) is 39.1 Å². The normalized spacial score (nSPS) is 19.2. The molecule has 9 heteroatoms. The Morgan fingerprint density at radius 1 is 1.19 bits per heavy atom. The SMILES string of the molecule is CCN1CCN(c2nc3ccccn3c(=O)c2C=C2SC(=S)N(CCC(C)C)C2=O)CC1. The van der Waals surface area contributed by atoms with Crippen molar-refractivity contribution in [1.82, 2.24) is 19.2 Å². The maximum atomic E-state index is 13.5. The highest BCUT2D eigenvalue weighted by atomic mass is 32.2. The van der Waals surface area contributed by atoms with Gasteiger partial charge in [-0.05, 0) is 37.1 Å². The Labute approximate surface area is 198 Å². The number of piperazine rings is 1. The van der Waals surface area contributed by atoms with E-state index in [0.29, 0.717) is 38.7 Å². The van der Waals surface area contributed by atoms with Crippen LogP contribution >= 0.6 is 24.0 Å². The first-order chi connectivity index (χ1) is 15.4. The van der Waals surface area contributed by atoms with Crippen LogP contribution in [0.5, 0.6) is 0 Å². The first kappa shape index (κ1) is 22.9. The van der Waals surface area contributed by atoms with Crippen LogP contribution in [0.1, 0.15) is 32.8 Å². The van der Waals surface area contributed by atoms with Gasteiger partial charge < -0.3 is 9.80 Å². The van der Waals surface area contributed by atoms with Gasteiger partial charge >= 0.3 is 0 Å². The van der Waals surface area contributed by atoms with Gasteiger partial charge in [-0.3, -0.25) is 18.9 Å². The summed E-state index contributed by atoms with van der Waals surface area (Å²) in [5.74, 6) is 0.996. The van der Waals surface area contributed by atoms with Crippen molar-refractivity contribution in [3.63, 3.8) is 0 Å². The summed E-state index contributed by atoms with van der Waals surface area (Å²) < 4.78 is 2.09. The highest BCUT2D eigenvalue weighted by Crippen LogP contribution is 2.34. The quantitative estimate of drug-likeness (QED) is 0.474. The third kappa shape index (κ3) is 4.60. The van der Waals surface area contributed by atoms with Crippen molar-refractivity contribution in [3.8, 4) is 0 Å². The van der Waals surface area contributed by atoms with Crippen LogP contribution < -0.4 is 10.5 Å². The molecule has 0 N–H and O–H groups in total. The second kappa shape index (κ2) is 9.72. The number of thioether (sulfide) groups is 1. The number of carbonyl (C=O) groups is 1. The van der Waals surface area contributed by atoms with Crippen LogP contribution in [0.3, 0.4) is 0 Å². The Balaban J connectivity index is 1.74. The van der Waals surface area contributed by atoms with E-state index in [-0.39, 0.29) is 11.5 Å². The van der Waals surface area contributed by atoms with Gasteiger partial charge in [0, 0.05) is 38.9 Å². The average molecular weight is 472 g/mol. The fourth-order valence-electron chi connectivity index (χ4n) is 3.95. The lowest BCUT2D eigenvalue weighted by atomic mass is 10.1. The lowest BCUT2D eigenvalue weighted by Crippen LogP contribution is -2.47. The Morgan fingerprint density at radius 2 is 1.94 bits per heavy atom. The van der Waals surface area contributed by atoms with Crippen LogP contribution in [0.4, 0.5) is 5.82 Å². The predicted octanol–water partition coefficient (Wildman–Crippen LogP) is 3.08. The van der Waals surface area contributed by atoms with Gasteiger partial charge in [0.1, 0.15) is 15.8 Å². The molecule has 1 amide bonds. The number of likely N-dealkylation sites (N-methyl/N-ethyl adjacent to an activating group) is 1. The van der Waals surface area contributed by atoms with E-state index in [2.05, 4.69) is 30.6 Å². The highest BCUT2D eigenvalue weighted by molar-refractivity contribution is 8.26. The zero-order valence-corrected chi connectivity index (χ0v) is 20.4. The number of hydrogen-bond acceptors (Lipinski definition) is 7. The Kier molecular flexibility index (Phi) is 6.97. The number of amides is 1. The number of rotatable bonds is 6. The largest absolute Gasteiger partial charge is 0.353 e. The molecule has 0 atom stereocenters. The number of fused-ring (bicyclic) bond motifs is 1. The molecule has 2 saturated heterocycles. The van der Waals surface area contributed by atoms with Gasteiger partial charge in [-0.15, -0.1) is 0 Å². The second-order valence-electron chi connectivity index (χ2n) is 8.52. The van der Waals surface area contributed by atoms with Crippen LogP contribution in [0.15, 0.2) is 34.1 Å². The maximum Gasteiger partial charge on any atom is 0.267 e. The molecule has 2 fully saturated rings. The van der Waals surface area contributed by atoms with Gasteiger partial charge in [0.25, 0.3) is 11.5 Å². The van der Waals surface area contributed by atoms with Crippen LogP contribution in [0.25, 0.3) is 11.7 Å². The summed E-state index contributed by atoms with van der Waals surface area (Å²) in [5, 5.41) is 0. The fourth-order valence-corrected chi connectivity index (χ4v) is 5.24. The Bertz CT molecular complexity index is 1120. The molecular weight excluding hydrogens is 442 g/mol. The van der Waals surface area contributed by atoms with Crippen molar-refractivity contribution in [1.29, 1.82) is 0 Å². The highest BCUT2D eigenvalue weighted by Gasteiger charge is 2.33.